The minimum atomic E-state index is -3.82. The monoisotopic (exact) mass is 286 g/mol. The molecule has 1 aliphatic heterocycles. The Hall–Kier alpha value is -0.220. The van der Waals surface area contributed by atoms with Crippen LogP contribution >= 0.6 is 0 Å². The largest absolute Gasteiger partial charge is 0.374 e. The molecule has 2 unspecified atom stereocenters. The zero-order chi connectivity index (χ0) is 13.3. The molecule has 2 atom stereocenters. The van der Waals surface area contributed by atoms with E-state index in [2.05, 4.69) is 0 Å². The fourth-order valence-corrected chi connectivity index (χ4v) is 5.37. The van der Waals surface area contributed by atoms with Crippen molar-refractivity contribution in [3.63, 3.8) is 0 Å². The topological polar surface area (TPSA) is 107 Å². The van der Waals surface area contributed by atoms with Gasteiger partial charge in [0.1, 0.15) is 0 Å². The highest BCUT2D eigenvalue weighted by Gasteiger charge is 2.35. The lowest BCUT2D eigenvalue weighted by Gasteiger charge is -2.36. The Morgan fingerprint density at radius 2 is 1.94 bits per heavy atom. The summed E-state index contributed by atoms with van der Waals surface area (Å²) >= 11 is 0. The molecule has 0 amide bonds. The molecule has 0 aliphatic carbocycles. The molecule has 0 bridgehead atoms. The molecule has 1 saturated heterocycles. The maximum Gasteiger partial charge on any atom is 0.228 e. The van der Waals surface area contributed by atoms with Gasteiger partial charge in [-0.25, -0.2) is 16.8 Å². The molecule has 1 rings (SSSR count). The number of sulfone groups is 1. The second-order valence-electron chi connectivity index (χ2n) is 4.27. The molecule has 17 heavy (non-hydrogen) atoms. The van der Waals surface area contributed by atoms with E-state index in [-0.39, 0.29) is 31.8 Å². The van der Waals surface area contributed by atoms with Crippen LogP contribution in [0.5, 0.6) is 0 Å². The van der Waals surface area contributed by atoms with Gasteiger partial charge in [0.25, 0.3) is 0 Å². The molecule has 1 fully saturated rings. The number of ether oxygens (including phenoxy) is 1. The molecule has 0 radical (unpaired) electrons. The summed E-state index contributed by atoms with van der Waals surface area (Å²) in [4.78, 5) is 0. The van der Waals surface area contributed by atoms with E-state index in [9.17, 15) is 16.8 Å². The van der Waals surface area contributed by atoms with Gasteiger partial charge in [-0.05, 0) is 6.92 Å². The quantitative estimate of drug-likeness (QED) is 0.664. The Bertz CT molecular complexity index is 458. The van der Waals surface area contributed by atoms with Gasteiger partial charge in [0.2, 0.25) is 10.0 Å². The van der Waals surface area contributed by atoms with Crippen molar-refractivity contribution in [2.24, 2.45) is 5.73 Å². The Labute approximate surface area is 102 Å². The number of hydrogen-bond donors (Lipinski definition) is 1. The first-order valence-corrected chi connectivity index (χ1v) is 8.81. The van der Waals surface area contributed by atoms with Crippen molar-refractivity contribution in [3.05, 3.63) is 0 Å². The predicted octanol–water partition coefficient (Wildman–Crippen LogP) is -1.63. The molecule has 1 heterocycles. The van der Waals surface area contributed by atoms with E-state index >= 15 is 0 Å². The number of hydrogen-bond acceptors (Lipinski definition) is 6. The van der Waals surface area contributed by atoms with Crippen LogP contribution in [-0.4, -0.2) is 64.3 Å². The van der Waals surface area contributed by atoms with Gasteiger partial charge in [0, 0.05) is 25.4 Å². The third-order valence-corrected chi connectivity index (χ3v) is 6.56. The van der Waals surface area contributed by atoms with Gasteiger partial charge in [-0.2, -0.15) is 4.31 Å². The van der Waals surface area contributed by atoms with E-state index in [0.29, 0.717) is 0 Å². The average Bonchev–Trinajstić information content (AvgIpc) is 2.14. The van der Waals surface area contributed by atoms with E-state index in [1.165, 1.54) is 0 Å². The summed E-state index contributed by atoms with van der Waals surface area (Å²) in [5, 5.41) is -0.873. The number of nitrogens with zero attached hydrogens (tertiary/aromatic N) is 1. The highest BCUT2D eigenvalue weighted by molar-refractivity contribution is 8.06. The normalized spacial score (nSPS) is 28.2. The smallest absolute Gasteiger partial charge is 0.228 e. The molecular weight excluding hydrogens is 268 g/mol. The van der Waals surface area contributed by atoms with Gasteiger partial charge in [-0.3, -0.25) is 0 Å². The van der Waals surface area contributed by atoms with Gasteiger partial charge >= 0.3 is 0 Å². The number of rotatable bonds is 4. The van der Waals surface area contributed by atoms with Crippen molar-refractivity contribution in [1.82, 2.24) is 4.31 Å². The number of morpholine rings is 1. The minimum Gasteiger partial charge on any atom is -0.374 e. The van der Waals surface area contributed by atoms with Crippen LogP contribution in [0.2, 0.25) is 0 Å². The van der Waals surface area contributed by atoms with Gasteiger partial charge in [-0.15, -0.1) is 0 Å². The molecule has 2 N–H and O–H groups in total. The summed E-state index contributed by atoms with van der Waals surface area (Å²) in [5.74, 6) is 0. The SMILES string of the molecule is CC1COC(CN)CN1S(=O)(=O)CS(C)(=O)=O. The van der Waals surface area contributed by atoms with Gasteiger partial charge in [-0.1, -0.05) is 0 Å². The van der Waals surface area contributed by atoms with Crippen molar-refractivity contribution in [1.29, 1.82) is 0 Å². The van der Waals surface area contributed by atoms with Crippen molar-refractivity contribution < 1.29 is 21.6 Å². The third-order valence-electron chi connectivity index (χ3n) is 2.43. The molecule has 0 aromatic rings. The van der Waals surface area contributed by atoms with Crippen LogP contribution in [0.25, 0.3) is 0 Å². The molecule has 0 spiro atoms. The maximum absolute atomic E-state index is 11.9. The van der Waals surface area contributed by atoms with E-state index in [1.54, 1.807) is 6.92 Å². The zero-order valence-corrected chi connectivity index (χ0v) is 11.5. The van der Waals surface area contributed by atoms with Crippen LogP contribution in [0.3, 0.4) is 0 Å². The van der Waals surface area contributed by atoms with Crippen molar-refractivity contribution >= 4 is 19.9 Å². The summed E-state index contributed by atoms with van der Waals surface area (Å²) in [6.07, 6.45) is 0.524. The zero-order valence-electron chi connectivity index (χ0n) is 9.87. The average molecular weight is 286 g/mol. The fraction of sp³-hybridized carbons (Fsp3) is 1.00. The summed E-state index contributed by atoms with van der Waals surface area (Å²) < 4.78 is 52.5. The van der Waals surface area contributed by atoms with Crippen molar-refractivity contribution in [3.8, 4) is 0 Å². The lowest BCUT2D eigenvalue weighted by Crippen LogP contribution is -2.53. The first-order chi connectivity index (χ1) is 7.65. The maximum atomic E-state index is 11.9. The molecule has 0 saturated carbocycles. The first kappa shape index (κ1) is 14.8. The summed E-state index contributed by atoms with van der Waals surface area (Å²) in [5.41, 5.74) is 5.42. The van der Waals surface area contributed by atoms with Crippen LogP contribution in [0.15, 0.2) is 0 Å². The number of nitrogens with two attached hydrogens (primary N) is 1. The standard InChI is InChI=1S/C8H18N2O5S2/c1-7-5-15-8(3-9)4-10(7)17(13,14)6-16(2,11)12/h7-8H,3-6,9H2,1-2H3. The van der Waals surface area contributed by atoms with Crippen LogP contribution in [-0.2, 0) is 24.6 Å². The highest BCUT2D eigenvalue weighted by atomic mass is 32.3. The third kappa shape index (κ3) is 4.18. The fourth-order valence-electron chi connectivity index (χ4n) is 1.66. The lowest BCUT2D eigenvalue weighted by molar-refractivity contribution is -0.0218. The molecule has 0 aromatic heterocycles. The Balaban J connectivity index is 2.89. The second kappa shape index (κ2) is 5.19. The van der Waals surface area contributed by atoms with E-state index < -0.39 is 24.9 Å². The van der Waals surface area contributed by atoms with Gasteiger partial charge < -0.3 is 10.5 Å². The van der Waals surface area contributed by atoms with Crippen LogP contribution in [0.1, 0.15) is 6.92 Å². The van der Waals surface area contributed by atoms with Gasteiger partial charge in [0.15, 0.2) is 14.9 Å². The highest BCUT2D eigenvalue weighted by Crippen LogP contribution is 2.16. The molecule has 9 heteroatoms. The second-order valence-corrected chi connectivity index (χ2v) is 8.69. The molecule has 102 valence electrons. The summed E-state index contributed by atoms with van der Waals surface area (Å²) in [6, 6.07) is -0.371. The van der Waals surface area contributed by atoms with Crippen molar-refractivity contribution in [2.75, 3.05) is 31.0 Å². The van der Waals surface area contributed by atoms with E-state index in [1.807, 2.05) is 0 Å². The van der Waals surface area contributed by atoms with Crippen LogP contribution < -0.4 is 5.73 Å². The lowest BCUT2D eigenvalue weighted by atomic mass is 10.2. The molecule has 7 nitrogen and oxygen atoms in total. The van der Waals surface area contributed by atoms with Gasteiger partial charge in [0.05, 0.1) is 12.7 Å². The van der Waals surface area contributed by atoms with Crippen LogP contribution in [0, 0.1) is 0 Å². The van der Waals surface area contributed by atoms with Crippen molar-refractivity contribution in [2.45, 2.75) is 19.1 Å². The summed E-state index contributed by atoms with van der Waals surface area (Å²) in [6.45, 7) is 2.21. The Kier molecular flexibility index (Phi) is 4.53. The Morgan fingerprint density at radius 3 is 2.41 bits per heavy atom. The first-order valence-electron chi connectivity index (χ1n) is 5.14. The minimum absolute atomic E-state index is 0.107. The Morgan fingerprint density at radius 1 is 1.35 bits per heavy atom. The van der Waals surface area contributed by atoms with Crippen LogP contribution in [0.4, 0.5) is 0 Å². The van der Waals surface area contributed by atoms with E-state index in [0.717, 1.165) is 10.6 Å². The summed E-state index contributed by atoms with van der Waals surface area (Å²) in [7, 11) is -7.40. The molecular formula is C8H18N2O5S2. The number of sulfonamides is 1. The molecule has 0 aromatic carbocycles. The predicted molar refractivity (Wildman–Crippen MR) is 63.6 cm³/mol. The van der Waals surface area contributed by atoms with E-state index in [4.69, 9.17) is 10.5 Å². The molecule has 1 aliphatic rings.